The average molecular weight is 559 g/mol. The first-order chi connectivity index (χ1) is 19.9. The molecule has 5 rings (SSSR count). The third-order valence-corrected chi connectivity index (χ3v) is 7.93. The molecule has 3 aromatic rings. The van der Waals surface area contributed by atoms with Gasteiger partial charge in [-0.2, -0.15) is 0 Å². The lowest BCUT2D eigenvalue weighted by atomic mass is 10.1. The third-order valence-electron chi connectivity index (χ3n) is 7.93. The van der Waals surface area contributed by atoms with E-state index in [0.717, 1.165) is 51.3 Å². The summed E-state index contributed by atoms with van der Waals surface area (Å²) in [5.41, 5.74) is 9.87. The van der Waals surface area contributed by atoms with Gasteiger partial charge in [0.1, 0.15) is 0 Å². The molecule has 0 radical (unpaired) electrons. The zero-order chi connectivity index (χ0) is 28.8. The summed E-state index contributed by atoms with van der Waals surface area (Å²) in [6, 6.07) is 16.9. The van der Waals surface area contributed by atoms with Gasteiger partial charge in [-0.05, 0) is 74.7 Å². The first-order valence-electron chi connectivity index (χ1n) is 14.3. The van der Waals surface area contributed by atoms with Gasteiger partial charge in [-0.15, -0.1) is 0 Å². The number of furan rings is 1. The van der Waals surface area contributed by atoms with Crippen molar-refractivity contribution in [2.24, 2.45) is 5.73 Å². The molecule has 0 saturated carbocycles. The number of hydrogen-bond acceptors (Lipinski definition) is 7. The zero-order valence-corrected chi connectivity index (χ0v) is 23.5. The maximum absolute atomic E-state index is 13.0. The topological polar surface area (TPSA) is 124 Å². The average Bonchev–Trinajstić information content (AvgIpc) is 3.69. The molecule has 1 aromatic heterocycles. The predicted octanol–water partition coefficient (Wildman–Crippen LogP) is 3.24. The Labute approximate surface area is 240 Å². The minimum absolute atomic E-state index is 0.200. The maximum atomic E-state index is 13.0. The molecule has 2 saturated heterocycles. The molecule has 3 heterocycles. The number of amides is 3. The number of likely N-dealkylation sites (tertiary alicyclic amines) is 1. The summed E-state index contributed by atoms with van der Waals surface area (Å²) in [4.78, 5) is 44.3. The van der Waals surface area contributed by atoms with Gasteiger partial charge in [-0.25, -0.2) is 0 Å². The second-order valence-electron chi connectivity index (χ2n) is 10.6. The van der Waals surface area contributed by atoms with E-state index in [0.29, 0.717) is 30.8 Å². The van der Waals surface area contributed by atoms with E-state index in [2.05, 4.69) is 50.5 Å². The van der Waals surface area contributed by atoms with Gasteiger partial charge in [0, 0.05) is 50.5 Å². The number of nitrogens with zero attached hydrogens (tertiary/aromatic N) is 3. The maximum Gasteiger partial charge on any atom is 0.291 e. The van der Waals surface area contributed by atoms with Crippen molar-refractivity contribution in [3.05, 3.63) is 77.7 Å². The van der Waals surface area contributed by atoms with Gasteiger partial charge >= 0.3 is 0 Å². The molecule has 1 atom stereocenters. The van der Waals surface area contributed by atoms with Crippen molar-refractivity contribution in [3.63, 3.8) is 0 Å². The Morgan fingerprint density at radius 1 is 0.927 bits per heavy atom. The smallest absolute Gasteiger partial charge is 0.291 e. The lowest BCUT2D eigenvalue weighted by Gasteiger charge is -2.38. The van der Waals surface area contributed by atoms with Gasteiger partial charge in [0.15, 0.2) is 5.76 Å². The van der Waals surface area contributed by atoms with Crippen LogP contribution in [-0.2, 0) is 4.79 Å². The quantitative estimate of drug-likeness (QED) is 0.327. The van der Waals surface area contributed by atoms with Crippen LogP contribution in [0.15, 0.2) is 65.3 Å². The number of carbonyl (C=O) groups excluding carboxylic acids is 3. The fraction of sp³-hybridized carbons (Fsp3) is 0.387. The number of nitrogens with one attached hydrogen (secondary N) is 2. The fourth-order valence-electron chi connectivity index (χ4n) is 5.75. The Bertz CT molecular complexity index is 1370. The minimum Gasteiger partial charge on any atom is -0.459 e. The van der Waals surface area contributed by atoms with Crippen molar-refractivity contribution in [1.82, 2.24) is 10.2 Å². The van der Waals surface area contributed by atoms with E-state index in [9.17, 15) is 14.4 Å². The number of rotatable bonds is 10. The SMILES string of the molecule is Cc1ccccc1N1CCN(c2ccc(C(=O)NCCCN3CCCC3C(N)=O)cc2NC(=O)c2ccco2)CC1. The molecule has 2 aliphatic rings. The summed E-state index contributed by atoms with van der Waals surface area (Å²) in [5.74, 6) is -0.678. The van der Waals surface area contributed by atoms with Crippen LogP contribution in [0.2, 0.25) is 0 Å². The van der Waals surface area contributed by atoms with Crippen molar-refractivity contribution >= 4 is 34.8 Å². The number of benzene rings is 2. The number of para-hydroxylation sites is 1. The van der Waals surface area contributed by atoms with Crippen molar-refractivity contribution in [1.29, 1.82) is 0 Å². The van der Waals surface area contributed by atoms with Crippen molar-refractivity contribution in [3.8, 4) is 0 Å². The van der Waals surface area contributed by atoms with E-state index in [4.69, 9.17) is 10.2 Å². The Balaban J connectivity index is 1.25. The molecule has 10 nitrogen and oxygen atoms in total. The highest BCUT2D eigenvalue weighted by atomic mass is 16.3. The van der Waals surface area contributed by atoms with Crippen LogP contribution < -0.4 is 26.2 Å². The van der Waals surface area contributed by atoms with E-state index in [1.54, 1.807) is 24.3 Å². The van der Waals surface area contributed by atoms with Gasteiger partial charge in [-0.1, -0.05) is 18.2 Å². The lowest BCUT2D eigenvalue weighted by molar-refractivity contribution is -0.122. The van der Waals surface area contributed by atoms with Crippen molar-refractivity contribution < 1.29 is 18.8 Å². The normalized spacial score (nSPS) is 17.4. The molecule has 2 aromatic carbocycles. The number of piperazine rings is 1. The van der Waals surface area contributed by atoms with Gasteiger partial charge in [0.2, 0.25) is 5.91 Å². The summed E-state index contributed by atoms with van der Waals surface area (Å²) in [6.45, 7) is 7.36. The highest BCUT2D eigenvalue weighted by molar-refractivity contribution is 6.05. The van der Waals surface area contributed by atoms with Crippen LogP contribution in [0, 0.1) is 6.92 Å². The molecule has 0 bridgehead atoms. The number of anilines is 3. The van der Waals surface area contributed by atoms with Crippen LogP contribution in [0.3, 0.4) is 0 Å². The van der Waals surface area contributed by atoms with Gasteiger partial charge in [0.25, 0.3) is 11.8 Å². The summed E-state index contributed by atoms with van der Waals surface area (Å²) >= 11 is 0. The lowest BCUT2D eigenvalue weighted by Crippen LogP contribution is -2.47. The first-order valence-corrected chi connectivity index (χ1v) is 14.3. The van der Waals surface area contributed by atoms with Crippen LogP contribution in [0.4, 0.5) is 17.1 Å². The van der Waals surface area contributed by atoms with E-state index in [1.165, 1.54) is 17.5 Å². The predicted molar refractivity (Wildman–Crippen MR) is 159 cm³/mol. The van der Waals surface area contributed by atoms with Crippen LogP contribution >= 0.6 is 0 Å². The molecule has 216 valence electrons. The number of nitrogens with two attached hydrogens (primary N) is 1. The minimum atomic E-state index is -0.373. The molecule has 0 spiro atoms. The molecule has 3 amide bonds. The van der Waals surface area contributed by atoms with E-state index < -0.39 is 0 Å². The third kappa shape index (κ3) is 6.71. The Morgan fingerprint density at radius 3 is 2.39 bits per heavy atom. The Morgan fingerprint density at radius 2 is 1.68 bits per heavy atom. The summed E-state index contributed by atoms with van der Waals surface area (Å²) in [6.07, 6.45) is 3.92. The molecule has 10 heteroatoms. The number of aryl methyl sites for hydroxylation is 1. The van der Waals surface area contributed by atoms with Gasteiger partial charge < -0.3 is 30.6 Å². The largest absolute Gasteiger partial charge is 0.459 e. The van der Waals surface area contributed by atoms with Crippen LogP contribution in [0.1, 0.15) is 45.7 Å². The molecular weight excluding hydrogens is 520 g/mol. The first kappa shape index (κ1) is 28.2. The number of hydrogen-bond donors (Lipinski definition) is 3. The molecule has 41 heavy (non-hydrogen) atoms. The molecule has 2 aliphatic heterocycles. The molecule has 0 aliphatic carbocycles. The van der Waals surface area contributed by atoms with Crippen LogP contribution in [0.25, 0.3) is 0 Å². The van der Waals surface area contributed by atoms with Gasteiger partial charge in [0.05, 0.1) is 23.7 Å². The highest BCUT2D eigenvalue weighted by Gasteiger charge is 2.28. The molecular formula is C31H38N6O4. The van der Waals surface area contributed by atoms with Crippen LogP contribution in [0.5, 0.6) is 0 Å². The fourth-order valence-corrected chi connectivity index (χ4v) is 5.75. The number of primary amides is 1. The molecule has 1 unspecified atom stereocenters. The monoisotopic (exact) mass is 558 g/mol. The standard InChI is InChI=1S/C31H38N6O4/c1-22-7-2-3-8-25(22)36-16-18-37(19-17-36)26-12-11-23(21-24(26)34-31(40)28-10-5-20-41-28)30(39)33-13-6-15-35-14-4-9-27(35)29(32)38/h2-3,5,7-8,10-12,20-21,27H,4,6,9,13-19H2,1H3,(H2,32,38)(H,33,39)(H,34,40). The Hall–Kier alpha value is -4.31. The summed E-state index contributed by atoms with van der Waals surface area (Å²) in [5, 5.41) is 5.93. The summed E-state index contributed by atoms with van der Waals surface area (Å²) < 4.78 is 5.29. The zero-order valence-electron chi connectivity index (χ0n) is 23.5. The van der Waals surface area contributed by atoms with Gasteiger partial charge in [-0.3, -0.25) is 19.3 Å². The van der Waals surface area contributed by atoms with E-state index >= 15 is 0 Å². The second-order valence-corrected chi connectivity index (χ2v) is 10.6. The summed E-state index contributed by atoms with van der Waals surface area (Å²) in [7, 11) is 0. The Kier molecular flexibility index (Phi) is 8.88. The molecule has 4 N–H and O–H groups in total. The highest BCUT2D eigenvalue weighted by Crippen LogP contribution is 2.30. The van der Waals surface area contributed by atoms with Crippen molar-refractivity contribution in [2.45, 2.75) is 32.2 Å². The second kappa shape index (κ2) is 12.9. The van der Waals surface area contributed by atoms with E-state index in [1.807, 2.05) is 12.1 Å². The number of carbonyl (C=O) groups is 3. The van der Waals surface area contributed by atoms with E-state index in [-0.39, 0.29) is 29.5 Å². The van der Waals surface area contributed by atoms with Crippen molar-refractivity contribution in [2.75, 3.05) is 60.9 Å². The molecule has 2 fully saturated rings. The van der Waals surface area contributed by atoms with Crippen LogP contribution in [-0.4, -0.2) is 74.5 Å².